The highest BCUT2D eigenvalue weighted by Crippen LogP contribution is 2.53. The van der Waals surface area contributed by atoms with Crippen LogP contribution in [0.5, 0.6) is 0 Å². The summed E-state index contributed by atoms with van der Waals surface area (Å²) in [6.07, 6.45) is -4.95. The Labute approximate surface area is 250 Å². The minimum absolute atomic E-state index is 0.0193. The molecule has 8 N–H and O–H groups in total. The van der Waals surface area contributed by atoms with Crippen molar-refractivity contribution in [2.45, 2.75) is 49.9 Å². The molecule has 4 aromatic rings. The van der Waals surface area contributed by atoms with E-state index in [1.807, 2.05) is 0 Å². The molecule has 7 rings (SSSR count). The number of aromatic amines is 1. The summed E-state index contributed by atoms with van der Waals surface area (Å²) >= 11 is 0. The predicted octanol–water partition coefficient (Wildman–Crippen LogP) is -0.516. The molecule has 242 valence electrons. The van der Waals surface area contributed by atoms with E-state index < -0.39 is 83.2 Å². The molecule has 24 heteroatoms. The zero-order chi connectivity index (χ0) is 31.8. The molecule has 0 saturated carbocycles. The number of rotatable bonds is 2. The van der Waals surface area contributed by atoms with Gasteiger partial charge in [-0.1, -0.05) is 6.92 Å². The van der Waals surface area contributed by atoms with Gasteiger partial charge in [0.1, 0.15) is 24.1 Å². The van der Waals surface area contributed by atoms with Crippen LogP contribution < -0.4 is 22.1 Å². The first-order valence-corrected chi connectivity index (χ1v) is 16.4. The lowest BCUT2D eigenvalue weighted by Gasteiger charge is -2.26. The van der Waals surface area contributed by atoms with Crippen LogP contribution in [0.25, 0.3) is 22.3 Å². The van der Waals surface area contributed by atoms with Gasteiger partial charge in [-0.05, 0) is 0 Å². The SMILES string of the molecule is CC1C2COP(=O)(O)NC3C(COP(=O)(O)OC1C(n1cnc4c(=O)[nH]c(N)nc41)O2)OC(n1cnc2c(N)ncnc21)C3F. The standard InChI is InChI=1S/C21H26FN11O10P2/c1-7-8-2-39-44(35,36)31-11-9(42-19(10(11)22)32-5-27-12-15(23)25-4-26-16(12)32)3-40-45(37,38)43-14(7)20(41-8)33-6-28-13-17(33)29-21(24)30-18(13)34/h4-11,14,19-20H,2-3H2,1H3,(H,37,38)(H2,23,25,26)(H2,31,35,36)(H3,24,29,30,34). The maximum atomic E-state index is 16.0. The fourth-order valence-corrected chi connectivity index (χ4v) is 7.70. The quantitative estimate of drug-likeness (QED) is 0.146. The lowest BCUT2D eigenvalue weighted by Crippen LogP contribution is -2.43. The Hall–Kier alpha value is -3.43. The Bertz CT molecular complexity index is 1940. The minimum Gasteiger partial charge on any atom is -0.382 e. The molecule has 0 amide bonds. The van der Waals surface area contributed by atoms with Crippen LogP contribution in [0, 0.1) is 5.92 Å². The van der Waals surface area contributed by atoms with Crippen LogP contribution in [0.1, 0.15) is 19.4 Å². The Morgan fingerprint density at radius 1 is 0.978 bits per heavy atom. The van der Waals surface area contributed by atoms with Crippen molar-refractivity contribution in [3.05, 3.63) is 29.3 Å². The van der Waals surface area contributed by atoms with Crippen molar-refractivity contribution in [1.82, 2.24) is 44.1 Å². The second kappa shape index (κ2) is 10.8. The molecule has 10 atom stereocenters. The van der Waals surface area contributed by atoms with Gasteiger partial charge in [0.25, 0.3) is 5.56 Å². The third-order valence-electron chi connectivity index (χ3n) is 7.80. The Morgan fingerprint density at radius 3 is 2.44 bits per heavy atom. The average molecular weight is 673 g/mol. The number of ether oxygens (including phenoxy) is 2. The molecule has 0 aliphatic carbocycles. The topological polar surface area (TPSA) is 292 Å². The van der Waals surface area contributed by atoms with Gasteiger partial charge in [-0.15, -0.1) is 0 Å². The Kier molecular flexibility index (Phi) is 7.28. The largest absolute Gasteiger partial charge is 0.472 e. The second-order valence-electron chi connectivity index (χ2n) is 10.6. The molecule has 10 unspecified atom stereocenters. The van der Waals surface area contributed by atoms with Crippen molar-refractivity contribution < 1.29 is 46.4 Å². The monoisotopic (exact) mass is 673 g/mol. The highest BCUT2D eigenvalue weighted by molar-refractivity contribution is 7.50. The summed E-state index contributed by atoms with van der Waals surface area (Å²) in [6.45, 7) is 0.260. The molecular weight excluding hydrogens is 647 g/mol. The van der Waals surface area contributed by atoms with Crippen LogP contribution in [0.2, 0.25) is 0 Å². The van der Waals surface area contributed by atoms with Crippen molar-refractivity contribution in [3.63, 3.8) is 0 Å². The average Bonchev–Trinajstić information content (AvgIpc) is 3.72. The number of alkyl halides is 1. The van der Waals surface area contributed by atoms with Crippen molar-refractivity contribution in [3.8, 4) is 0 Å². The molecule has 0 radical (unpaired) electrons. The second-order valence-corrected chi connectivity index (χ2v) is 13.6. The summed E-state index contributed by atoms with van der Waals surface area (Å²) in [6, 6.07) is -1.58. The van der Waals surface area contributed by atoms with Crippen molar-refractivity contribution in [2.75, 3.05) is 24.7 Å². The number of phosphoric ester groups is 1. The fraction of sp³-hybridized carbons (Fsp3) is 0.524. The number of fused-ring (bicyclic) bond motifs is 5. The number of H-pyrrole nitrogens is 1. The molecule has 3 aliphatic rings. The molecule has 7 heterocycles. The van der Waals surface area contributed by atoms with E-state index in [1.54, 1.807) is 6.92 Å². The zero-order valence-electron chi connectivity index (χ0n) is 23.0. The van der Waals surface area contributed by atoms with Crippen molar-refractivity contribution in [2.24, 2.45) is 5.92 Å². The number of halogens is 1. The van der Waals surface area contributed by atoms with Gasteiger partial charge in [0, 0.05) is 5.92 Å². The highest BCUT2D eigenvalue weighted by atomic mass is 31.2. The number of phosphoric acid groups is 1. The van der Waals surface area contributed by atoms with Crippen LogP contribution in [0.3, 0.4) is 0 Å². The molecule has 4 aromatic heterocycles. The van der Waals surface area contributed by atoms with Crippen LogP contribution in [0.4, 0.5) is 16.2 Å². The summed E-state index contributed by atoms with van der Waals surface area (Å²) < 4.78 is 72.9. The fourth-order valence-electron chi connectivity index (χ4n) is 5.59. The van der Waals surface area contributed by atoms with Gasteiger partial charge < -0.3 is 30.7 Å². The van der Waals surface area contributed by atoms with Gasteiger partial charge in [-0.3, -0.25) is 32.5 Å². The molecule has 3 fully saturated rings. The van der Waals surface area contributed by atoms with E-state index in [1.165, 1.54) is 21.8 Å². The Balaban J connectivity index is 1.21. The predicted molar refractivity (Wildman–Crippen MR) is 148 cm³/mol. The van der Waals surface area contributed by atoms with Gasteiger partial charge in [0.15, 0.2) is 41.3 Å². The van der Waals surface area contributed by atoms with E-state index in [0.29, 0.717) is 0 Å². The molecule has 2 bridgehead atoms. The number of imidazole rings is 2. The van der Waals surface area contributed by atoms with E-state index in [2.05, 4.69) is 35.0 Å². The third-order valence-corrected chi connectivity index (χ3v) is 9.91. The maximum absolute atomic E-state index is 16.0. The van der Waals surface area contributed by atoms with E-state index in [4.69, 9.17) is 34.5 Å². The van der Waals surface area contributed by atoms with Crippen LogP contribution in [0.15, 0.2) is 23.8 Å². The van der Waals surface area contributed by atoms with E-state index in [-0.39, 0.29) is 34.1 Å². The van der Waals surface area contributed by atoms with Crippen LogP contribution >= 0.6 is 15.6 Å². The number of aromatic nitrogens is 8. The van der Waals surface area contributed by atoms with Gasteiger partial charge in [-0.25, -0.2) is 38.5 Å². The molecule has 0 spiro atoms. The Morgan fingerprint density at radius 2 is 1.67 bits per heavy atom. The number of anilines is 2. The van der Waals surface area contributed by atoms with Crippen molar-refractivity contribution >= 4 is 49.7 Å². The van der Waals surface area contributed by atoms with Gasteiger partial charge in [0.2, 0.25) is 5.95 Å². The lowest BCUT2D eigenvalue weighted by molar-refractivity contribution is -0.0563. The lowest BCUT2D eigenvalue weighted by atomic mass is 10.0. The molecule has 0 aromatic carbocycles. The van der Waals surface area contributed by atoms with E-state index >= 15 is 4.39 Å². The molecule has 21 nitrogen and oxygen atoms in total. The van der Waals surface area contributed by atoms with Crippen LogP contribution in [-0.2, 0) is 32.2 Å². The molecule has 45 heavy (non-hydrogen) atoms. The number of nitrogen functional groups attached to an aromatic ring is 2. The summed E-state index contributed by atoms with van der Waals surface area (Å²) in [7, 11) is -9.75. The van der Waals surface area contributed by atoms with Gasteiger partial charge in [-0.2, -0.15) is 4.98 Å². The summed E-state index contributed by atoms with van der Waals surface area (Å²) in [5, 5.41) is 2.24. The maximum Gasteiger partial charge on any atom is 0.472 e. The summed E-state index contributed by atoms with van der Waals surface area (Å²) in [4.78, 5) is 56.2. The highest BCUT2D eigenvalue weighted by Gasteiger charge is 2.53. The zero-order valence-corrected chi connectivity index (χ0v) is 24.8. The number of nitrogens with two attached hydrogens (primary N) is 2. The smallest absolute Gasteiger partial charge is 0.382 e. The molecular formula is C21H26FN11O10P2. The summed E-state index contributed by atoms with van der Waals surface area (Å²) in [5.41, 5.74) is 11.1. The van der Waals surface area contributed by atoms with E-state index in [0.717, 1.165) is 6.33 Å². The normalized spacial score (nSPS) is 37.7. The molecule has 3 aliphatic heterocycles. The van der Waals surface area contributed by atoms with Gasteiger partial charge in [0.05, 0.1) is 38.0 Å². The van der Waals surface area contributed by atoms with Gasteiger partial charge >= 0.3 is 15.6 Å². The number of nitrogens with one attached hydrogen (secondary N) is 2. The third kappa shape index (κ3) is 5.31. The first kappa shape index (κ1) is 30.2. The number of hydrogen-bond donors (Lipinski definition) is 6. The minimum atomic E-state index is -4.97. The first-order chi connectivity index (χ1) is 21.3. The number of hydrogen-bond acceptors (Lipinski definition) is 15. The van der Waals surface area contributed by atoms with E-state index in [9.17, 15) is 23.7 Å². The van der Waals surface area contributed by atoms with Crippen LogP contribution in [-0.4, -0.2) is 92.6 Å². The first-order valence-electron chi connectivity index (χ1n) is 13.3. The number of nitrogens with zero attached hydrogens (tertiary/aromatic N) is 7. The molecule has 3 saturated heterocycles. The summed E-state index contributed by atoms with van der Waals surface area (Å²) in [5.74, 6) is -0.963. The van der Waals surface area contributed by atoms with Crippen molar-refractivity contribution in [1.29, 1.82) is 0 Å².